The molecule has 0 aliphatic heterocycles. The highest BCUT2D eigenvalue weighted by atomic mass is 32.1. The minimum atomic E-state index is -0.986. The summed E-state index contributed by atoms with van der Waals surface area (Å²) in [5, 5.41) is 12.3. The van der Waals surface area contributed by atoms with Gasteiger partial charge in [-0.3, -0.25) is 14.4 Å². The second-order valence-electron chi connectivity index (χ2n) is 5.16. The van der Waals surface area contributed by atoms with Gasteiger partial charge in [-0.1, -0.05) is 19.1 Å². The van der Waals surface area contributed by atoms with Crippen LogP contribution in [0.5, 0.6) is 0 Å². The van der Waals surface area contributed by atoms with Crippen LogP contribution in [0.15, 0.2) is 18.2 Å². The summed E-state index contributed by atoms with van der Waals surface area (Å²) in [5.74, 6) is -3.36. The Labute approximate surface area is 132 Å². The Morgan fingerprint density at radius 1 is 1.32 bits per heavy atom. The molecule has 0 saturated carbocycles. The van der Waals surface area contributed by atoms with Crippen molar-refractivity contribution in [1.82, 2.24) is 0 Å². The van der Waals surface area contributed by atoms with Crippen LogP contribution in [0, 0.1) is 11.8 Å². The van der Waals surface area contributed by atoms with Crippen molar-refractivity contribution in [2.75, 3.05) is 5.32 Å². The van der Waals surface area contributed by atoms with E-state index in [4.69, 9.17) is 5.73 Å². The number of carbonyl (C=O) groups excluding carboxylic acids is 2. The molecule has 0 saturated heterocycles. The van der Waals surface area contributed by atoms with Crippen LogP contribution in [0.1, 0.15) is 35.0 Å². The van der Waals surface area contributed by atoms with Gasteiger partial charge >= 0.3 is 5.97 Å². The van der Waals surface area contributed by atoms with E-state index in [1.807, 2.05) is 13.0 Å². The molecule has 0 radical (unpaired) electrons. The summed E-state index contributed by atoms with van der Waals surface area (Å²) in [6, 6.07) is 1.66. The lowest BCUT2D eigenvalue weighted by molar-refractivity contribution is -0.146. The lowest BCUT2D eigenvalue weighted by Crippen LogP contribution is -2.34. The topological polar surface area (TPSA) is 109 Å². The van der Waals surface area contributed by atoms with Crippen molar-refractivity contribution in [3.8, 4) is 0 Å². The molecular weight excluding hydrogens is 304 g/mol. The van der Waals surface area contributed by atoms with Crippen molar-refractivity contribution in [1.29, 1.82) is 0 Å². The van der Waals surface area contributed by atoms with Gasteiger partial charge in [0.15, 0.2) is 0 Å². The lowest BCUT2D eigenvalue weighted by Gasteiger charge is -2.24. The summed E-state index contributed by atoms with van der Waals surface area (Å²) in [4.78, 5) is 36.0. The molecule has 1 aromatic rings. The number of amides is 2. The Hall–Kier alpha value is -2.15. The van der Waals surface area contributed by atoms with E-state index in [9.17, 15) is 19.5 Å². The fourth-order valence-corrected chi connectivity index (χ4v) is 3.48. The minimum absolute atomic E-state index is 0.272. The number of aliphatic carboxylic acids is 1. The quantitative estimate of drug-likeness (QED) is 0.720. The molecule has 0 aromatic carbocycles. The predicted molar refractivity (Wildman–Crippen MR) is 83.8 cm³/mol. The second kappa shape index (κ2) is 6.74. The Bertz CT molecular complexity index is 635. The standard InChI is InChI=1S/C15H18N2O4S/c1-2-8-7-11(12(16)18)14(22-8)17-13(19)9-5-3-4-6-10(9)15(20)21/h3-4,7,9-10H,2,5-6H2,1H3,(H2,16,18)(H,17,19)(H,20,21). The molecule has 4 N–H and O–H groups in total. The van der Waals surface area contributed by atoms with E-state index in [2.05, 4.69) is 5.32 Å². The number of carbonyl (C=O) groups is 3. The van der Waals surface area contributed by atoms with E-state index < -0.39 is 23.7 Å². The molecule has 1 aromatic heterocycles. The van der Waals surface area contributed by atoms with Gasteiger partial charge < -0.3 is 16.2 Å². The van der Waals surface area contributed by atoms with Crippen molar-refractivity contribution in [3.05, 3.63) is 28.7 Å². The van der Waals surface area contributed by atoms with E-state index in [-0.39, 0.29) is 11.5 Å². The largest absolute Gasteiger partial charge is 0.481 e. The number of thiophene rings is 1. The van der Waals surface area contributed by atoms with Crippen LogP contribution in [0.4, 0.5) is 5.00 Å². The van der Waals surface area contributed by atoms with Gasteiger partial charge in [0.1, 0.15) is 5.00 Å². The highest BCUT2D eigenvalue weighted by Gasteiger charge is 2.34. The van der Waals surface area contributed by atoms with Gasteiger partial charge in [-0.05, 0) is 25.3 Å². The molecule has 1 aliphatic rings. The summed E-state index contributed by atoms with van der Waals surface area (Å²) in [5.41, 5.74) is 5.60. The molecule has 2 atom stereocenters. The smallest absolute Gasteiger partial charge is 0.307 e. The zero-order chi connectivity index (χ0) is 16.3. The van der Waals surface area contributed by atoms with E-state index in [0.717, 1.165) is 11.3 Å². The molecule has 22 heavy (non-hydrogen) atoms. The zero-order valence-corrected chi connectivity index (χ0v) is 13.0. The third-order valence-corrected chi connectivity index (χ3v) is 4.91. The average molecular weight is 322 g/mol. The lowest BCUT2D eigenvalue weighted by atomic mass is 9.82. The Kier molecular flexibility index (Phi) is 4.97. The summed E-state index contributed by atoms with van der Waals surface area (Å²) in [7, 11) is 0. The van der Waals surface area contributed by atoms with Crippen LogP contribution in [-0.2, 0) is 16.0 Å². The zero-order valence-electron chi connectivity index (χ0n) is 12.2. The monoisotopic (exact) mass is 322 g/mol. The van der Waals surface area contributed by atoms with Crippen LogP contribution in [0.3, 0.4) is 0 Å². The van der Waals surface area contributed by atoms with E-state index >= 15 is 0 Å². The van der Waals surface area contributed by atoms with Crippen molar-refractivity contribution in [2.45, 2.75) is 26.2 Å². The van der Waals surface area contributed by atoms with Crippen molar-refractivity contribution in [3.63, 3.8) is 0 Å². The van der Waals surface area contributed by atoms with Crippen LogP contribution < -0.4 is 11.1 Å². The van der Waals surface area contributed by atoms with E-state index in [0.29, 0.717) is 17.8 Å². The van der Waals surface area contributed by atoms with Gasteiger partial charge in [0.2, 0.25) is 5.91 Å². The first-order valence-corrected chi connectivity index (χ1v) is 7.86. The maximum absolute atomic E-state index is 12.4. The van der Waals surface area contributed by atoms with E-state index in [1.165, 1.54) is 11.3 Å². The molecule has 2 unspecified atom stereocenters. The van der Waals surface area contributed by atoms with Crippen LogP contribution in [0.25, 0.3) is 0 Å². The fraction of sp³-hybridized carbons (Fsp3) is 0.400. The van der Waals surface area contributed by atoms with Crippen molar-refractivity contribution < 1.29 is 19.5 Å². The molecule has 1 heterocycles. The fourth-order valence-electron chi connectivity index (χ4n) is 2.47. The molecule has 118 valence electrons. The predicted octanol–water partition coefficient (Wildman–Crippen LogP) is 2.01. The van der Waals surface area contributed by atoms with Gasteiger partial charge in [0.25, 0.3) is 5.91 Å². The minimum Gasteiger partial charge on any atom is -0.481 e. The van der Waals surface area contributed by atoms with Gasteiger partial charge in [-0.2, -0.15) is 0 Å². The number of nitrogens with one attached hydrogen (secondary N) is 1. The summed E-state index contributed by atoms with van der Waals surface area (Å²) in [6.45, 7) is 1.94. The van der Waals surface area contributed by atoms with Crippen molar-refractivity contribution >= 4 is 34.1 Å². The number of nitrogens with two attached hydrogens (primary N) is 1. The van der Waals surface area contributed by atoms with Crippen LogP contribution in [0.2, 0.25) is 0 Å². The molecule has 6 nitrogen and oxygen atoms in total. The molecule has 0 fully saturated rings. The molecule has 2 rings (SSSR count). The Balaban J connectivity index is 2.21. The number of hydrogen-bond donors (Lipinski definition) is 3. The number of allylic oxidation sites excluding steroid dienone is 2. The Morgan fingerprint density at radius 2 is 1.95 bits per heavy atom. The van der Waals surface area contributed by atoms with Gasteiger partial charge in [-0.25, -0.2) is 0 Å². The third-order valence-electron chi connectivity index (χ3n) is 3.72. The Morgan fingerprint density at radius 3 is 2.50 bits per heavy atom. The summed E-state index contributed by atoms with van der Waals surface area (Å²) < 4.78 is 0. The summed E-state index contributed by atoms with van der Waals surface area (Å²) in [6.07, 6.45) is 5.02. The van der Waals surface area contributed by atoms with Crippen LogP contribution >= 0.6 is 11.3 Å². The molecule has 0 spiro atoms. The second-order valence-corrected chi connectivity index (χ2v) is 6.29. The first-order valence-electron chi connectivity index (χ1n) is 7.05. The SMILES string of the molecule is CCc1cc(C(N)=O)c(NC(=O)C2CC=CCC2C(=O)O)s1. The van der Waals surface area contributed by atoms with Crippen molar-refractivity contribution in [2.24, 2.45) is 17.6 Å². The number of anilines is 1. The maximum Gasteiger partial charge on any atom is 0.307 e. The van der Waals surface area contributed by atoms with Gasteiger partial charge in [0.05, 0.1) is 17.4 Å². The first-order chi connectivity index (χ1) is 10.4. The number of rotatable bonds is 5. The normalized spacial score (nSPS) is 20.6. The average Bonchev–Trinajstić information content (AvgIpc) is 2.90. The van der Waals surface area contributed by atoms with Gasteiger partial charge in [-0.15, -0.1) is 11.3 Å². The van der Waals surface area contributed by atoms with Crippen LogP contribution in [-0.4, -0.2) is 22.9 Å². The molecule has 1 aliphatic carbocycles. The molecule has 2 amide bonds. The van der Waals surface area contributed by atoms with Gasteiger partial charge in [0, 0.05) is 4.88 Å². The maximum atomic E-state index is 12.4. The molecule has 0 bridgehead atoms. The number of primary amides is 1. The summed E-state index contributed by atoms with van der Waals surface area (Å²) >= 11 is 1.29. The number of hydrogen-bond acceptors (Lipinski definition) is 4. The number of carboxylic acids is 1. The number of carboxylic acid groups (broad SMARTS) is 1. The highest BCUT2D eigenvalue weighted by molar-refractivity contribution is 7.16. The highest BCUT2D eigenvalue weighted by Crippen LogP contribution is 2.31. The third kappa shape index (κ3) is 3.36. The molecule has 7 heteroatoms. The number of aryl methyl sites for hydroxylation is 1. The van der Waals surface area contributed by atoms with E-state index in [1.54, 1.807) is 12.1 Å². The molecular formula is C15H18N2O4S. The first kappa shape index (κ1) is 16.2.